The second-order valence-corrected chi connectivity index (χ2v) is 8.26. The van der Waals surface area contributed by atoms with E-state index in [1.165, 1.54) is 11.8 Å². The maximum atomic E-state index is 12.8. The first-order valence-electron chi connectivity index (χ1n) is 10.0. The van der Waals surface area contributed by atoms with Gasteiger partial charge in [-0.3, -0.25) is 14.2 Å². The normalized spacial score (nSPS) is 14.9. The molecule has 2 aromatic carbocycles. The molecule has 2 N–H and O–H groups in total. The van der Waals surface area contributed by atoms with E-state index in [-0.39, 0.29) is 23.9 Å². The van der Waals surface area contributed by atoms with E-state index in [9.17, 15) is 9.59 Å². The Labute approximate surface area is 179 Å². The van der Waals surface area contributed by atoms with E-state index in [2.05, 4.69) is 15.6 Å². The van der Waals surface area contributed by atoms with Crippen LogP contribution in [0.3, 0.4) is 0 Å². The van der Waals surface area contributed by atoms with Crippen molar-refractivity contribution in [3.05, 3.63) is 76.2 Å². The highest BCUT2D eigenvalue weighted by atomic mass is 32.2. The summed E-state index contributed by atoms with van der Waals surface area (Å²) in [6, 6.07) is 17.3. The molecule has 0 fully saturated rings. The lowest BCUT2D eigenvalue weighted by Crippen LogP contribution is -2.30. The predicted octanol–water partition coefficient (Wildman–Crippen LogP) is 4.53. The molecule has 0 spiro atoms. The summed E-state index contributed by atoms with van der Waals surface area (Å²) in [5.74, 6) is 0.574. The van der Waals surface area contributed by atoms with Crippen molar-refractivity contribution in [3.8, 4) is 0 Å². The van der Waals surface area contributed by atoms with E-state index >= 15 is 0 Å². The lowest BCUT2D eigenvalue weighted by molar-refractivity contribution is -0.116. The number of aromatic nitrogens is 2. The number of thioether (sulfide) groups is 1. The summed E-state index contributed by atoms with van der Waals surface area (Å²) < 4.78 is 1.70. The van der Waals surface area contributed by atoms with Gasteiger partial charge in [0.2, 0.25) is 5.91 Å². The number of hydrogen-bond donors (Lipinski definition) is 2. The number of nitrogens with zero attached hydrogens (tertiary/aromatic N) is 2. The summed E-state index contributed by atoms with van der Waals surface area (Å²) in [5.41, 5.74) is 4.18. The first-order chi connectivity index (χ1) is 14.5. The quantitative estimate of drug-likeness (QED) is 0.573. The lowest BCUT2D eigenvalue weighted by atomic mass is 10.1. The number of nitrogens with one attached hydrogen (secondary N) is 2. The van der Waals surface area contributed by atoms with E-state index in [4.69, 9.17) is 0 Å². The van der Waals surface area contributed by atoms with Gasteiger partial charge in [0.15, 0.2) is 5.16 Å². The number of benzene rings is 2. The number of hydrogen-bond acceptors (Lipinski definition) is 5. The Morgan fingerprint density at radius 2 is 1.77 bits per heavy atom. The van der Waals surface area contributed by atoms with Gasteiger partial charge in [-0.2, -0.15) is 0 Å². The fraction of sp³-hybridized carbons (Fsp3) is 0.261. The molecule has 1 aliphatic heterocycles. The summed E-state index contributed by atoms with van der Waals surface area (Å²) in [5, 5.41) is 6.97. The number of amides is 1. The van der Waals surface area contributed by atoms with Crippen molar-refractivity contribution in [1.82, 2.24) is 9.55 Å². The lowest BCUT2D eigenvalue weighted by Gasteiger charge is -2.15. The minimum absolute atomic E-state index is 0.0147. The van der Waals surface area contributed by atoms with Gasteiger partial charge in [-0.25, -0.2) is 4.98 Å². The molecule has 6 nitrogen and oxygen atoms in total. The standard InChI is InChI=1S/C23H24N4O2S/c1-3-20-15(2)24-23-27(22(20)29)19(14-30-23)13-21(28)26-18-11-9-17(10-12-18)25-16-7-5-4-6-8-16/h4-12,19,25H,3,13-14H2,1-2H3,(H,26,28). The van der Waals surface area contributed by atoms with E-state index in [0.29, 0.717) is 17.3 Å². The van der Waals surface area contributed by atoms with Gasteiger partial charge in [0.05, 0.1) is 6.04 Å². The van der Waals surface area contributed by atoms with Gasteiger partial charge in [0.25, 0.3) is 5.56 Å². The van der Waals surface area contributed by atoms with Crippen molar-refractivity contribution < 1.29 is 4.79 Å². The summed E-state index contributed by atoms with van der Waals surface area (Å²) in [7, 11) is 0. The van der Waals surface area contributed by atoms with Crippen molar-refractivity contribution in [3.63, 3.8) is 0 Å². The number of para-hydroxylation sites is 1. The minimum atomic E-state index is -0.171. The number of anilines is 3. The summed E-state index contributed by atoms with van der Waals surface area (Å²) in [4.78, 5) is 30.0. The van der Waals surface area contributed by atoms with E-state index in [1.54, 1.807) is 4.57 Å². The van der Waals surface area contributed by atoms with Gasteiger partial charge in [0, 0.05) is 40.5 Å². The molecule has 0 bridgehead atoms. The molecule has 1 amide bonds. The Morgan fingerprint density at radius 1 is 1.10 bits per heavy atom. The van der Waals surface area contributed by atoms with Crippen molar-refractivity contribution in [2.45, 2.75) is 37.9 Å². The zero-order valence-electron chi connectivity index (χ0n) is 17.0. The average molecular weight is 421 g/mol. The Bertz CT molecular complexity index is 1110. The molecule has 0 saturated heterocycles. The van der Waals surface area contributed by atoms with Crippen LogP contribution in [0.1, 0.15) is 30.6 Å². The van der Waals surface area contributed by atoms with Crippen molar-refractivity contribution in [2.75, 3.05) is 16.4 Å². The Morgan fingerprint density at radius 3 is 2.47 bits per heavy atom. The van der Waals surface area contributed by atoms with Gasteiger partial charge in [-0.15, -0.1) is 0 Å². The number of rotatable bonds is 6. The fourth-order valence-corrected chi connectivity index (χ4v) is 4.81. The molecule has 7 heteroatoms. The second-order valence-electron chi connectivity index (χ2n) is 7.27. The third-order valence-electron chi connectivity index (χ3n) is 5.16. The van der Waals surface area contributed by atoms with Gasteiger partial charge in [0.1, 0.15) is 0 Å². The second kappa shape index (κ2) is 8.75. The average Bonchev–Trinajstić information content (AvgIpc) is 3.13. The molecule has 154 valence electrons. The molecule has 4 rings (SSSR count). The van der Waals surface area contributed by atoms with Crippen LogP contribution in [0, 0.1) is 6.92 Å². The molecule has 1 aromatic heterocycles. The molecule has 2 heterocycles. The van der Waals surface area contributed by atoms with Crippen LogP contribution >= 0.6 is 11.8 Å². The highest BCUT2D eigenvalue weighted by Crippen LogP contribution is 2.33. The van der Waals surface area contributed by atoms with Gasteiger partial charge >= 0.3 is 0 Å². The van der Waals surface area contributed by atoms with Crippen LogP contribution in [-0.2, 0) is 11.2 Å². The van der Waals surface area contributed by atoms with Crippen molar-refractivity contribution in [1.29, 1.82) is 0 Å². The van der Waals surface area contributed by atoms with Crippen LogP contribution in [0.15, 0.2) is 64.5 Å². The maximum Gasteiger partial charge on any atom is 0.257 e. The van der Waals surface area contributed by atoms with E-state index < -0.39 is 0 Å². The molecular formula is C23H24N4O2S. The SMILES string of the molecule is CCc1c(C)nc2n(c1=O)C(CC(=O)Nc1ccc(Nc3ccccc3)cc1)CS2. The topological polar surface area (TPSA) is 76.0 Å². The van der Waals surface area contributed by atoms with Crippen LogP contribution in [0.25, 0.3) is 0 Å². The molecule has 3 aromatic rings. The monoisotopic (exact) mass is 420 g/mol. The van der Waals surface area contributed by atoms with Gasteiger partial charge in [-0.05, 0) is 49.7 Å². The molecular weight excluding hydrogens is 396 g/mol. The highest BCUT2D eigenvalue weighted by Gasteiger charge is 2.29. The number of carbonyl (C=O) groups excluding carboxylic acids is 1. The van der Waals surface area contributed by atoms with Crippen LogP contribution in [0.4, 0.5) is 17.1 Å². The summed E-state index contributed by atoms with van der Waals surface area (Å²) in [6.07, 6.45) is 0.892. The Hall–Kier alpha value is -3.06. The zero-order valence-corrected chi connectivity index (χ0v) is 17.8. The molecule has 1 atom stereocenters. The third kappa shape index (κ3) is 4.26. The molecule has 0 saturated carbocycles. The Balaban J connectivity index is 1.41. The van der Waals surface area contributed by atoms with Crippen molar-refractivity contribution >= 4 is 34.7 Å². The minimum Gasteiger partial charge on any atom is -0.356 e. The van der Waals surface area contributed by atoms with Crippen LogP contribution < -0.4 is 16.2 Å². The molecule has 30 heavy (non-hydrogen) atoms. The fourth-order valence-electron chi connectivity index (χ4n) is 3.63. The maximum absolute atomic E-state index is 12.8. The molecule has 1 unspecified atom stereocenters. The summed E-state index contributed by atoms with van der Waals surface area (Å²) >= 11 is 1.54. The molecule has 1 aliphatic rings. The van der Waals surface area contributed by atoms with Crippen LogP contribution in [0.5, 0.6) is 0 Å². The van der Waals surface area contributed by atoms with Crippen LogP contribution in [0.2, 0.25) is 0 Å². The van der Waals surface area contributed by atoms with E-state index in [0.717, 1.165) is 28.3 Å². The number of aryl methyl sites for hydroxylation is 1. The van der Waals surface area contributed by atoms with Gasteiger partial charge < -0.3 is 10.6 Å². The summed E-state index contributed by atoms with van der Waals surface area (Å²) in [6.45, 7) is 3.83. The largest absolute Gasteiger partial charge is 0.356 e. The predicted molar refractivity (Wildman–Crippen MR) is 122 cm³/mol. The number of fused-ring (bicyclic) bond motifs is 1. The number of carbonyl (C=O) groups is 1. The first kappa shape index (κ1) is 20.2. The van der Waals surface area contributed by atoms with Crippen molar-refractivity contribution in [2.24, 2.45) is 0 Å². The smallest absolute Gasteiger partial charge is 0.257 e. The highest BCUT2D eigenvalue weighted by molar-refractivity contribution is 7.99. The zero-order chi connectivity index (χ0) is 21.1. The van der Waals surface area contributed by atoms with E-state index in [1.807, 2.05) is 68.4 Å². The molecule has 0 aliphatic carbocycles. The first-order valence-corrected chi connectivity index (χ1v) is 11.0. The Kier molecular flexibility index (Phi) is 5.90. The third-order valence-corrected chi connectivity index (χ3v) is 6.26. The van der Waals surface area contributed by atoms with Gasteiger partial charge in [-0.1, -0.05) is 36.9 Å². The van der Waals surface area contributed by atoms with Crippen LogP contribution in [-0.4, -0.2) is 21.2 Å². The molecule has 0 radical (unpaired) electrons.